The Bertz CT molecular complexity index is 1180. The third-order valence-corrected chi connectivity index (χ3v) is 7.57. The summed E-state index contributed by atoms with van der Waals surface area (Å²) >= 11 is 0. The Morgan fingerprint density at radius 2 is 2.03 bits per heavy atom. The first-order valence-corrected chi connectivity index (χ1v) is 11.8. The van der Waals surface area contributed by atoms with Gasteiger partial charge in [0.1, 0.15) is 34.4 Å². The van der Waals surface area contributed by atoms with E-state index in [1.807, 2.05) is 13.8 Å². The highest BCUT2D eigenvalue weighted by Crippen LogP contribution is 2.54. The number of aromatic nitrogens is 1. The molecule has 1 saturated carbocycles. The van der Waals surface area contributed by atoms with E-state index in [0.29, 0.717) is 24.8 Å². The molecular weight excluding hydrogens is 454 g/mol. The Hall–Kier alpha value is -3.20. The molecule has 0 bridgehead atoms. The van der Waals surface area contributed by atoms with Crippen molar-refractivity contribution in [3.8, 4) is 17.1 Å². The lowest BCUT2D eigenvalue weighted by Gasteiger charge is -2.54. The number of hydrogen-bond acceptors (Lipinski definition) is 9. The summed E-state index contributed by atoms with van der Waals surface area (Å²) in [5, 5.41) is 11.5. The zero-order valence-electron chi connectivity index (χ0n) is 20.6. The molecule has 35 heavy (non-hydrogen) atoms. The lowest BCUT2D eigenvalue weighted by Crippen LogP contribution is -2.62. The van der Waals surface area contributed by atoms with E-state index in [1.54, 1.807) is 37.5 Å². The fraction of sp³-hybridized carbons (Fsp3) is 0.538. The normalized spacial score (nSPS) is 29.1. The molecule has 1 aliphatic heterocycles. The lowest BCUT2D eigenvalue weighted by atomic mass is 9.61. The van der Waals surface area contributed by atoms with Gasteiger partial charge in [-0.2, -0.15) is 0 Å². The molecule has 188 valence electrons. The molecule has 9 heteroatoms. The Kier molecular flexibility index (Phi) is 6.48. The van der Waals surface area contributed by atoms with Gasteiger partial charge in [-0.05, 0) is 45.2 Å². The molecule has 1 N–H and O–H groups in total. The van der Waals surface area contributed by atoms with Crippen LogP contribution < -0.4 is 10.4 Å². The fourth-order valence-corrected chi connectivity index (χ4v) is 5.51. The molecule has 0 saturated heterocycles. The van der Waals surface area contributed by atoms with E-state index in [0.717, 1.165) is 0 Å². The average molecular weight is 486 g/mol. The highest BCUT2D eigenvalue weighted by molar-refractivity contribution is 5.67. The summed E-state index contributed by atoms with van der Waals surface area (Å²) in [6.07, 6.45) is 2.46. The molecule has 2 aromatic heterocycles. The highest BCUT2D eigenvalue weighted by atomic mass is 16.6. The Labute approximate surface area is 203 Å². The van der Waals surface area contributed by atoms with E-state index in [9.17, 15) is 19.5 Å². The van der Waals surface area contributed by atoms with Gasteiger partial charge in [-0.15, -0.1) is 0 Å². The third-order valence-electron chi connectivity index (χ3n) is 7.57. The Morgan fingerprint density at radius 1 is 1.29 bits per heavy atom. The minimum atomic E-state index is -1.23. The van der Waals surface area contributed by atoms with Crippen molar-refractivity contribution in [2.24, 2.45) is 11.8 Å². The van der Waals surface area contributed by atoms with Gasteiger partial charge in [-0.25, -0.2) is 4.79 Å². The van der Waals surface area contributed by atoms with E-state index in [1.165, 1.54) is 13.8 Å². The van der Waals surface area contributed by atoms with Crippen molar-refractivity contribution in [3.63, 3.8) is 0 Å². The van der Waals surface area contributed by atoms with Crippen LogP contribution in [0.2, 0.25) is 0 Å². The molecule has 1 aliphatic carbocycles. The van der Waals surface area contributed by atoms with Crippen LogP contribution >= 0.6 is 0 Å². The maximum absolute atomic E-state index is 13.0. The Morgan fingerprint density at radius 3 is 2.63 bits per heavy atom. The predicted octanol–water partition coefficient (Wildman–Crippen LogP) is 3.58. The molecule has 0 unspecified atom stereocenters. The molecule has 1 fully saturated rings. The highest BCUT2D eigenvalue weighted by Gasteiger charge is 2.60. The monoisotopic (exact) mass is 485 g/mol. The maximum atomic E-state index is 13.0. The SMILES string of the molecule is CC[C@](C)(OC(C)=O)[C@@H]1C[C@H](OC(C)=O)[C@@]2(C)Oc3cc(-c4cccnc4)oc(=O)c3[C@H](O)[C@@H]2C1. The van der Waals surface area contributed by atoms with Gasteiger partial charge in [0.15, 0.2) is 0 Å². The molecule has 0 aromatic carbocycles. The van der Waals surface area contributed by atoms with Gasteiger partial charge in [0.2, 0.25) is 0 Å². The van der Waals surface area contributed by atoms with Gasteiger partial charge in [-0.3, -0.25) is 14.6 Å². The summed E-state index contributed by atoms with van der Waals surface area (Å²) in [6.45, 7) is 8.20. The zero-order valence-corrected chi connectivity index (χ0v) is 20.6. The molecule has 0 amide bonds. The van der Waals surface area contributed by atoms with Crippen molar-refractivity contribution in [3.05, 3.63) is 46.6 Å². The van der Waals surface area contributed by atoms with Crippen LogP contribution in [0.3, 0.4) is 0 Å². The van der Waals surface area contributed by atoms with Crippen LogP contribution in [0.5, 0.6) is 5.75 Å². The van der Waals surface area contributed by atoms with Gasteiger partial charge in [0, 0.05) is 49.7 Å². The van der Waals surface area contributed by atoms with Gasteiger partial charge < -0.3 is 23.7 Å². The second-order valence-corrected chi connectivity index (χ2v) is 9.78. The predicted molar refractivity (Wildman–Crippen MR) is 124 cm³/mol. The first kappa shape index (κ1) is 24.9. The number of hydrogen-bond donors (Lipinski definition) is 1. The summed E-state index contributed by atoms with van der Waals surface area (Å²) in [5.41, 5.74) is -2.08. The van der Waals surface area contributed by atoms with Crippen LogP contribution in [0.1, 0.15) is 65.5 Å². The first-order valence-electron chi connectivity index (χ1n) is 11.8. The second kappa shape index (κ2) is 9.11. The summed E-state index contributed by atoms with van der Waals surface area (Å²) in [7, 11) is 0. The van der Waals surface area contributed by atoms with Crippen LogP contribution in [0, 0.1) is 11.8 Å². The first-order chi connectivity index (χ1) is 16.5. The zero-order chi connectivity index (χ0) is 25.5. The molecule has 4 rings (SSSR count). The van der Waals surface area contributed by atoms with E-state index in [-0.39, 0.29) is 23.0 Å². The number of carbonyl (C=O) groups is 2. The minimum Gasteiger partial charge on any atom is -0.482 e. The summed E-state index contributed by atoms with van der Waals surface area (Å²) in [4.78, 5) is 41.0. The molecular formula is C26H31NO8. The summed E-state index contributed by atoms with van der Waals surface area (Å²) in [5.74, 6) is -1.34. The molecule has 0 radical (unpaired) electrons. The topological polar surface area (TPSA) is 125 Å². The number of fused-ring (bicyclic) bond motifs is 2. The molecule has 6 atom stereocenters. The van der Waals surface area contributed by atoms with Crippen molar-refractivity contribution in [2.75, 3.05) is 0 Å². The molecule has 2 aliphatic rings. The lowest BCUT2D eigenvalue weighted by molar-refractivity contribution is -0.209. The average Bonchev–Trinajstić information content (AvgIpc) is 2.79. The van der Waals surface area contributed by atoms with E-state index in [2.05, 4.69) is 4.98 Å². The smallest absolute Gasteiger partial charge is 0.345 e. The number of carbonyl (C=O) groups excluding carboxylic acids is 2. The number of esters is 2. The second-order valence-electron chi connectivity index (χ2n) is 9.78. The van der Waals surface area contributed by atoms with Gasteiger partial charge >= 0.3 is 17.6 Å². The third kappa shape index (κ3) is 4.45. The van der Waals surface area contributed by atoms with Crippen LogP contribution in [0.4, 0.5) is 0 Å². The number of ether oxygens (including phenoxy) is 3. The van der Waals surface area contributed by atoms with Gasteiger partial charge in [0.05, 0.1) is 6.10 Å². The fourth-order valence-electron chi connectivity index (χ4n) is 5.51. The molecule has 9 nitrogen and oxygen atoms in total. The van der Waals surface area contributed by atoms with Crippen LogP contribution in [0.25, 0.3) is 11.3 Å². The van der Waals surface area contributed by atoms with Crippen molar-refractivity contribution < 1.29 is 33.3 Å². The van der Waals surface area contributed by atoms with Gasteiger partial charge in [-0.1, -0.05) is 6.92 Å². The largest absolute Gasteiger partial charge is 0.482 e. The van der Waals surface area contributed by atoms with Crippen LogP contribution in [-0.4, -0.2) is 39.3 Å². The number of rotatable bonds is 5. The van der Waals surface area contributed by atoms with E-state index in [4.69, 9.17) is 18.6 Å². The van der Waals surface area contributed by atoms with E-state index >= 15 is 0 Å². The molecule has 3 heterocycles. The quantitative estimate of drug-likeness (QED) is 0.633. The number of aliphatic hydroxyl groups excluding tert-OH is 1. The van der Waals surface area contributed by atoms with E-state index < -0.39 is 46.9 Å². The maximum Gasteiger partial charge on any atom is 0.345 e. The van der Waals surface area contributed by atoms with Crippen molar-refractivity contribution in [2.45, 2.75) is 77.3 Å². The number of aliphatic hydroxyl groups is 1. The standard InChI is InChI=1S/C26H31NO8/c1-6-25(4,34-15(3)29)17-10-18-23(30)22-20(35-26(18,5)21(11-17)32-14(2)28)12-19(33-24(22)31)16-8-7-9-27-13-16/h7-9,12-13,17-18,21,23,30H,6,10-11H2,1-5H3/t17-,18-,21-,23+,25-,26-/m0/s1. The van der Waals surface area contributed by atoms with Gasteiger partial charge in [0.25, 0.3) is 0 Å². The minimum absolute atomic E-state index is 0.0213. The Balaban J connectivity index is 1.79. The number of pyridine rings is 1. The summed E-state index contributed by atoms with van der Waals surface area (Å²) in [6, 6.07) is 5.02. The van der Waals surface area contributed by atoms with Crippen molar-refractivity contribution in [1.82, 2.24) is 4.98 Å². The molecule has 0 spiro atoms. The van der Waals surface area contributed by atoms with Crippen LogP contribution in [-0.2, 0) is 19.1 Å². The van der Waals surface area contributed by atoms with Crippen molar-refractivity contribution >= 4 is 11.9 Å². The molecule has 2 aromatic rings. The summed E-state index contributed by atoms with van der Waals surface area (Å²) < 4.78 is 23.3. The number of nitrogens with zero attached hydrogens (tertiary/aromatic N) is 1. The van der Waals surface area contributed by atoms with Crippen LogP contribution in [0.15, 0.2) is 39.8 Å². The van der Waals surface area contributed by atoms with Crippen molar-refractivity contribution in [1.29, 1.82) is 0 Å².